The van der Waals surface area contributed by atoms with E-state index in [0.29, 0.717) is 0 Å². The molecule has 2 aliphatic rings. The van der Waals surface area contributed by atoms with E-state index in [1.807, 2.05) is 11.8 Å². The van der Waals surface area contributed by atoms with Crippen LogP contribution in [0.2, 0.25) is 0 Å². The van der Waals surface area contributed by atoms with E-state index in [4.69, 9.17) is 0 Å². The van der Waals surface area contributed by atoms with Crippen LogP contribution in [-0.4, -0.2) is 0 Å². The SMILES string of the molecule is c1ccc(C2(c3ccccc3)c3ccccc3-c3ccc(-c4ccc5c(c4)-c4cccc6cccc(c46)S5)cc32)cc1. The van der Waals surface area contributed by atoms with Crippen molar-refractivity contribution in [1.82, 2.24) is 0 Å². The van der Waals surface area contributed by atoms with Crippen LogP contribution in [-0.2, 0) is 5.41 Å². The van der Waals surface area contributed by atoms with Crippen molar-refractivity contribution >= 4 is 22.5 Å². The van der Waals surface area contributed by atoms with E-state index in [0.717, 1.165) is 0 Å². The van der Waals surface area contributed by atoms with Gasteiger partial charge in [-0.05, 0) is 85.3 Å². The van der Waals surface area contributed by atoms with Crippen LogP contribution < -0.4 is 0 Å². The third-order valence-electron chi connectivity index (χ3n) is 9.15. The molecule has 0 radical (unpaired) electrons. The molecule has 1 heterocycles. The van der Waals surface area contributed by atoms with Gasteiger partial charge in [-0.2, -0.15) is 0 Å². The van der Waals surface area contributed by atoms with Gasteiger partial charge in [0.1, 0.15) is 0 Å². The monoisotopic (exact) mass is 550 g/mol. The highest BCUT2D eigenvalue weighted by atomic mass is 32.2. The third-order valence-corrected chi connectivity index (χ3v) is 10.3. The van der Waals surface area contributed by atoms with Crippen LogP contribution in [0.25, 0.3) is 44.2 Å². The Labute approximate surface area is 250 Å². The molecule has 42 heavy (non-hydrogen) atoms. The van der Waals surface area contributed by atoms with Crippen molar-refractivity contribution in [2.75, 3.05) is 0 Å². The number of hydrogen-bond donors (Lipinski definition) is 0. The summed E-state index contributed by atoms with van der Waals surface area (Å²) in [5.41, 5.74) is 12.7. The third kappa shape index (κ3) is 3.26. The first-order valence-corrected chi connectivity index (χ1v) is 15.3. The van der Waals surface area contributed by atoms with E-state index in [2.05, 4.69) is 158 Å². The van der Waals surface area contributed by atoms with Crippen molar-refractivity contribution in [3.8, 4) is 33.4 Å². The molecule has 0 amide bonds. The maximum absolute atomic E-state index is 2.46. The average Bonchev–Trinajstić information content (AvgIpc) is 3.36. The summed E-state index contributed by atoms with van der Waals surface area (Å²) in [6.07, 6.45) is 0. The zero-order valence-corrected chi connectivity index (χ0v) is 23.7. The van der Waals surface area contributed by atoms with Crippen LogP contribution >= 0.6 is 11.8 Å². The molecule has 0 bridgehead atoms. The first-order chi connectivity index (χ1) is 20.8. The summed E-state index contributed by atoms with van der Waals surface area (Å²) in [5, 5.41) is 2.67. The van der Waals surface area contributed by atoms with Gasteiger partial charge >= 0.3 is 0 Å². The molecular weight excluding hydrogens is 525 g/mol. The molecule has 7 aromatic rings. The minimum Gasteiger partial charge on any atom is -0.0888 e. The van der Waals surface area contributed by atoms with Crippen molar-refractivity contribution in [3.63, 3.8) is 0 Å². The number of fused-ring (bicyclic) bond motifs is 5. The Bertz CT molecular complexity index is 2110. The van der Waals surface area contributed by atoms with E-state index < -0.39 is 0 Å². The molecule has 0 atom stereocenters. The molecule has 9 rings (SSSR count). The minimum atomic E-state index is -0.390. The molecule has 0 spiro atoms. The van der Waals surface area contributed by atoms with Gasteiger partial charge in [-0.25, -0.2) is 0 Å². The molecule has 0 fully saturated rings. The molecule has 1 aliphatic carbocycles. The molecular formula is C41H26S. The fourth-order valence-electron chi connectivity index (χ4n) is 7.37. The summed E-state index contributed by atoms with van der Waals surface area (Å²) >= 11 is 1.88. The van der Waals surface area contributed by atoms with Gasteiger partial charge in [0.15, 0.2) is 0 Å². The molecule has 0 N–H and O–H groups in total. The quantitative estimate of drug-likeness (QED) is 0.211. The zero-order valence-electron chi connectivity index (χ0n) is 22.9. The van der Waals surface area contributed by atoms with Gasteiger partial charge in [0.25, 0.3) is 0 Å². The van der Waals surface area contributed by atoms with E-state index in [-0.39, 0.29) is 5.41 Å². The van der Waals surface area contributed by atoms with Gasteiger partial charge in [-0.3, -0.25) is 0 Å². The van der Waals surface area contributed by atoms with Crippen LogP contribution in [0, 0.1) is 0 Å². The van der Waals surface area contributed by atoms with Crippen LogP contribution in [0.15, 0.2) is 168 Å². The van der Waals surface area contributed by atoms with Gasteiger partial charge in [-0.1, -0.05) is 145 Å². The molecule has 1 aliphatic heterocycles. The van der Waals surface area contributed by atoms with Crippen LogP contribution in [0.4, 0.5) is 0 Å². The van der Waals surface area contributed by atoms with Crippen molar-refractivity contribution in [3.05, 3.63) is 180 Å². The van der Waals surface area contributed by atoms with E-state index in [1.54, 1.807) is 0 Å². The maximum atomic E-state index is 2.46. The van der Waals surface area contributed by atoms with Gasteiger partial charge < -0.3 is 0 Å². The van der Waals surface area contributed by atoms with Crippen molar-refractivity contribution in [2.45, 2.75) is 15.2 Å². The number of rotatable bonds is 3. The lowest BCUT2D eigenvalue weighted by atomic mass is 9.67. The van der Waals surface area contributed by atoms with Crippen LogP contribution in [0.1, 0.15) is 22.3 Å². The molecule has 7 aromatic carbocycles. The lowest BCUT2D eigenvalue weighted by molar-refractivity contribution is 0.769. The number of hydrogen-bond acceptors (Lipinski definition) is 1. The van der Waals surface area contributed by atoms with Crippen LogP contribution in [0.3, 0.4) is 0 Å². The largest absolute Gasteiger partial charge is 0.0888 e. The molecule has 0 saturated carbocycles. The Morgan fingerprint density at radius 2 is 1.00 bits per heavy atom. The van der Waals surface area contributed by atoms with Gasteiger partial charge in [-0.15, -0.1) is 0 Å². The Hall–Kier alpha value is -4.85. The highest BCUT2D eigenvalue weighted by molar-refractivity contribution is 7.99. The average molecular weight is 551 g/mol. The second kappa shape index (κ2) is 9.08. The summed E-state index contributed by atoms with van der Waals surface area (Å²) in [6, 6.07) is 58.5. The maximum Gasteiger partial charge on any atom is 0.0713 e. The highest BCUT2D eigenvalue weighted by Crippen LogP contribution is 2.57. The minimum absolute atomic E-state index is 0.390. The van der Waals surface area contributed by atoms with E-state index in [1.165, 1.54) is 76.2 Å². The summed E-state index contributed by atoms with van der Waals surface area (Å²) < 4.78 is 0. The normalized spacial score (nSPS) is 13.8. The van der Waals surface area contributed by atoms with Gasteiger partial charge in [0.2, 0.25) is 0 Å². The summed E-state index contributed by atoms with van der Waals surface area (Å²) in [4.78, 5) is 2.66. The molecule has 1 heteroatoms. The zero-order chi connectivity index (χ0) is 27.7. The van der Waals surface area contributed by atoms with Crippen molar-refractivity contribution in [2.24, 2.45) is 0 Å². The second-order valence-corrected chi connectivity index (χ2v) is 12.3. The first-order valence-electron chi connectivity index (χ1n) is 14.5. The lowest BCUT2D eigenvalue weighted by Crippen LogP contribution is -2.28. The van der Waals surface area contributed by atoms with E-state index in [9.17, 15) is 0 Å². The Kier molecular flexibility index (Phi) is 5.15. The standard InChI is InChI=1S/C41H26S/c1-3-13-30(14-4-1)41(31-15-5-2-6-16-31)36-19-8-7-17-32(36)33-23-21-29(26-37(33)41)28-22-24-38-35(25-28)34-18-9-11-27-12-10-20-39(42-38)40(27)34/h1-26H. The second-order valence-electron chi connectivity index (χ2n) is 11.3. The fourth-order valence-corrected chi connectivity index (χ4v) is 8.50. The van der Waals surface area contributed by atoms with Crippen LogP contribution in [0.5, 0.6) is 0 Å². The fraction of sp³-hybridized carbons (Fsp3) is 0.0244. The molecule has 0 saturated heterocycles. The van der Waals surface area contributed by atoms with Gasteiger partial charge in [0, 0.05) is 15.2 Å². The smallest absolute Gasteiger partial charge is 0.0713 e. The Morgan fingerprint density at radius 1 is 0.381 bits per heavy atom. The van der Waals surface area contributed by atoms with Crippen molar-refractivity contribution < 1.29 is 0 Å². The topological polar surface area (TPSA) is 0 Å². The summed E-state index contributed by atoms with van der Waals surface area (Å²) in [7, 11) is 0. The Balaban J connectivity index is 1.29. The summed E-state index contributed by atoms with van der Waals surface area (Å²) in [5.74, 6) is 0. The van der Waals surface area contributed by atoms with Crippen molar-refractivity contribution in [1.29, 1.82) is 0 Å². The molecule has 0 nitrogen and oxygen atoms in total. The van der Waals surface area contributed by atoms with Gasteiger partial charge in [0.05, 0.1) is 5.41 Å². The first kappa shape index (κ1) is 23.8. The predicted octanol–water partition coefficient (Wildman–Crippen LogP) is 11.0. The highest BCUT2D eigenvalue weighted by Gasteiger charge is 2.46. The molecule has 196 valence electrons. The Morgan fingerprint density at radius 3 is 1.79 bits per heavy atom. The summed E-state index contributed by atoms with van der Waals surface area (Å²) in [6.45, 7) is 0. The van der Waals surface area contributed by atoms with E-state index >= 15 is 0 Å². The number of benzene rings is 7. The molecule has 0 unspecified atom stereocenters. The molecule has 0 aromatic heterocycles. The predicted molar refractivity (Wildman–Crippen MR) is 176 cm³/mol. The lowest BCUT2D eigenvalue weighted by Gasteiger charge is -2.34.